The molecule has 0 aromatic heterocycles. The smallest absolute Gasteiger partial charge is 0.319 e. The zero-order valence-electron chi connectivity index (χ0n) is 13.1. The van der Waals surface area contributed by atoms with Crippen molar-refractivity contribution in [3.05, 3.63) is 23.8 Å². The van der Waals surface area contributed by atoms with Crippen LogP contribution in [0.25, 0.3) is 0 Å². The van der Waals surface area contributed by atoms with Crippen LogP contribution in [0.5, 0.6) is 5.75 Å². The SMILES string of the molecule is CCN1CCC(NC(=O)Nc2cc(C)ccc2OC)CC1. The first-order valence-corrected chi connectivity index (χ1v) is 7.57. The van der Waals surface area contributed by atoms with Gasteiger partial charge >= 0.3 is 6.03 Å². The quantitative estimate of drug-likeness (QED) is 0.896. The summed E-state index contributed by atoms with van der Waals surface area (Å²) in [4.78, 5) is 14.5. The van der Waals surface area contributed by atoms with Crippen molar-refractivity contribution < 1.29 is 9.53 Å². The summed E-state index contributed by atoms with van der Waals surface area (Å²) in [6, 6.07) is 5.84. The van der Waals surface area contributed by atoms with E-state index in [4.69, 9.17) is 4.74 Å². The zero-order chi connectivity index (χ0) is 15.2. The average molecular weight is 291 g/mol. The number of nitrogens with one attached hydrogen (secondary N) is 2. The average Bonchev–Trinajstić information content (AvgIpc) is 2.48. The third kappa shape index (κ3) is 4.36. The van der Waals surface area contributed by atoms with E-state index >= 15 is 0 Å². The Kier molecular flexibility index (Phi) is 5.44. The van der Waals surface area contributed by atoms with Crippen LogP contribution >= 0.6 is 0 Å². The van der Waals surface area contributed by atoms with Crippen LogP contribution in [0, 0.1) is 6.92 Å². The molecule has 2 N–H and O–H groups in total. The number of urea groups is 1. The van der Waals surface area contributed by atoms with Gasteiger partial charge in [-0.05, 0) is 44.0 Å². The fraction of sp³-hybridized carbons (Fsp3) is 0.562. The van der Waals surface area contributed by atoms with Gasteiger partial charge in [-0.15, -0.1) is 0 Å². The molecule has 1 aliphatic heterocycles. The Labute approximate surface area is 126 Å². The molecule has 1 heterocycles. The van der Waals surface area contributed by atoms with E-state index < -0.39 is 0 Å². The second-order valence-corrected chi connectivity index (χ2v) is 5.51. The van der Waals surface area contributed by atoms with Crippen LogP contribution in [-0.2, 0) is 0 Å². The lowest BCUT2D eigenvalue weighted by Gasteiger charge is -2.31. The Balaban J connectivity index is 1.89. The molecule has 1 saturated heterocycles. The van der Waals surface area contributed by atoms with E-state index in [1.54, 1.807) is 7.11 Å². The van der Waals surface area contributed by atoms with Crippen LogP contribution in [0.1, 0.15) is 25.3 Å². The molecule has 21 heavy (non-hydrogen) atoms. The number of hydrogen-bond acceptors (Lipinski definition) is 3. The number of piperidine rings is 1. The lowest BCUT2D eigenvalue weighted by Crippen LogP contribution is -2.45. The van der Waals surface area contributed by atoms with E-state index in [9.17, 15) is 4.79 Å². The first-order chi connectivity index (χ1) is 10.1. The number of carbonyl (C=O) groups is 1. The van der Waals surface area contributed by atoms with Gasteiger partial charge in [0.15, 0.2) is 0 Å². The summed E-state index contributed by atoms with van der Waals surface area (Å²) in [6.07, 6.45) is 2.01. The van der Waals surface area contributed by atoms with Gasteiger partial charge in [-0.25, -0.2) is 4.79 Å². The molecule has 0 unspecified atom stereocenters. The number of benzene rings is 1. The van der Waals surface area contributed by atoms with E-state index in [1.807, 2.05) is 25.1 Å². The van der Waals surface area contributed by atoms with Gasteiger partial charge in [0, 0.05) is 19.1 Å². The molecule has 116 valence electrons. The Hall–Kier alpha value is -1.75. The van der Waals surface area contributed by atoms with Crippen LogP contribution in [0.2, 0.25) is 0 Å². The van der Waals surface area contributed by atoms with Gasteiger partial charge in [0.2, 0.25) is 0 Å². The number of carbonyl (C=O) groups excluding carboxylic acids is 1. The van der Waals surface area contributed by atoms with Gasteiger partial charge in [-0.3, -0.25) is 0 Å². The van der Waals surface area contributed by atoms with Crippen molar-refractivity contribution in [2.75, 3.05) is 32.1 Å². The van der Waals surface area contributed by atoms with Crippen molar-refractivity contribution in [1.29, 1.82) is 0 Å². The molecule has 0 spiro atoms. The standard InChI is InChI=1S/C16H25N3O2/c1-4-19-9-7-13(8-10-19)17-16(20)18-14-11-12(2)5-6-15(14)21-3/h5-6,11,13H,4,7-10H2,1-3H3,(H2,17,18,20). The number of ether oxygens (including phenoxy) is 1. The predicted octanol–water partition coefficient (Wildman–Crippen LogP) is 2.61. The molecule has 0 atom stereocenters. The highest BCUT2D eigenvalue weighted by molar-refractivity contribution is 5.91. The molecule has 1 aromatic rings. The molecule has 0 radical (unpaired) electrons. The third-order valence-corrected chi connectivity index (χ3v) is 3.97. The molecule has 1 aliphatic rings. The molecule has 1 aromatic carbocycles. The molecule has 2 rings (SSSR count). The predicted molar refractivity (Wildman–Crippen MR) is 85.0 cm³/mol. The molecular formula is C16H25N3O2. The minimum Gasteiger partial charge on any atom is -0.495 e. The summed E-state index contributed by atoms with van der Waals surface area (Å²) in [6.45, 7) is 7.34. The highest BCUT2D eigenvalue weighted by Gasteiger charge is 2.20. The second-order valence-electron chi connectivity index (χ2n) is 5.51. The highest BCUT2D eigenvalue weighted by atomic mass is 16.5. The number of amides is 2. The van der Waals surface area contributed by atoms with E-state index in [0.717, 1.165) is 38.0 Å². The van der Waals surface area contributed by atoms with Crippen LogP contribution in [0.3, 0.4) is 0 Å². The summed E-state index contributed by atoms with van der Waals surface area (Å²) in [5, 5.41) is 5.94. The minimum absolute atomic E-state index is 0.158. The number of hydrogen-bond donors (Lipinski definition) is 2. The maximum absolute atomic E-state index is 12.1. The fourth-order valence-electron chi connectivity index (χ4n) is 2.66. The molecule has 2 amide bonds. The van der Waals surface area contributed by atoms with Gasteiger partial charge in [0.1, 0.15) is 5.75 Å². The third-order valence-electron chi connectivity index (χ3n) is 3.97. The Bertz CT molecular complexity index is 482. The lowest BCUT2D eigenvalue weighted by molar-refractivity contribution is 0.203. The largest absolute Gasteiger partial charge is 0.495 e. The first-order valence-electron chi connectivity index (χ1n) is 7.57. The molecule has 1 fully saturated rings. The number of nitrogens with zero attached hydrogens (tertiary/aromatic N) is 1. The first kappa shape index (κ1) is 15.6. The summed E-state index contributed by atoms with van der Waals surface area (Å²) in [7, 11) is 1.61. The monoisotopic (exact) mass is 291 g/mol. The van der Waals surface area contributed by atoms with E-state index in [1.165, 1.54) is 0 Å². The van der Waals surface area contributed by atoms with E-state index in [0.29, 0.717) is 11.4 Å². The number of methoxy groups -OCH3 is 1. The van der Waals surface area contributed by atoms with Crippen LogP contribution in [0.4, 0.5) is 10.5 Å². The summed E-state index contributed by atoms with van der Waals surface area (Å²) in [5.74, 6) is 0.677. The van der Waals surface area contributed by atoms with Crippen LogP contribution in [-0.4, -0.2) is 43.7 Å². The van der Waals surface area contributed by atoms with E-state index in [2.05, 4.69) is 22.5 Å². The normalized spacial score (nSPS) is 16.5. The fourth-order valence-corrected chi connectivity index (χ4v) is 2.66. The van der Waals surface area contributed by atoms with Gasteiger partial charge in [0.25, 0.3) is 0 Å². The number of aryl methyl sites for hydroxylation is 1. The Morgan fingerprint density at radius 1 is 1.38 bits per heavy atom. The minimum atomic E-state index is -0.158. The zero-order valence-corrected chi connectivity index (χ0v) is 13.1. The molecular weight excluding hydrogens is 266 g/mol. The van der Waals surface area contributed by atoms with Crippen molar-refractivity contribution in [2.24, 2.45) is 0 Å². The molecule has 0 saturated carbocycles. The topological polar surface area (TPSA) is 53.6 Å². The van der Waals surface area contributed by atoms with Gasteiger partial charge in [-0.2, -0.15) is 0 Å². The maximum Gasteiger partial charge on any atom is 0.319 e. The molecule has 0 bridgehead atoms. The molecule has 5 heteroatoms. The highest BCUT2D eigenvalue weighted by Crippen LogP contribution is 2.25. The molecule has 0 aliphatic carbocycles. The van der Waals surface area contributed by atoms with Crippen LogP contribution < -0.4 is 15.4 Å². The van der Waals surface area contributed by atoms with Gasteiger partial charge in [-0.1, -0.05) is 13.0 Å². The van der Waals surface area contributed by atoms with E-state index in [-0.39, 0.29) is 12.1 Å². The van der Waals surface area contributed by atoms with Crippen molar-refractivity contribution in [2.45, 2.75) is 32.7 Å². The number of likely N-dealkylation sites (tertiary alicyclic amines) is 1. The lowest BCUT2D eigenvalue weighted by atomic mass is 10.1. The van der Waals surface area contributed by atoms with Crippen LogP contribution in [0.15, 0.2) is 18.2 Å². The van der Waals surface area contributed by atoms with Crippen molar-refractivity contribution >= 4 is 11.7 Å². The summed E-state index contributed by atoms with van der Waals surface area (Å²) < 4.78 is 5.27. The molecule has 5 nitrogen and oxygen atoms in total. The van der Waals surface area contributed by atoms with Gasteiger partial charge in [0.05, 0.1) is 12.8 Å². The number of anilines is 1. The second kappa shape index (κ2) is 7.31. The Morgan fingerprint density at radius 3 is 2.71 bits per heavy atom. The Morgan fingerprint density at radius 2 is 2.10 bits per heavy atom. The van der Waals surface area contributed by atoms with Crippen molar-refractivity contribution in [3.8, 4) is 5.75 Å². The summed E-state index contributed by atoms with van der Waals surface area (Å²) in [5.41, 5.74) is 1.79. The maximum atomic E-state index is 12.1. The number of rotatable bonds is 4. The summed E-state index contributed by atoms with van der Waals surface area (Å²) >= 11 is 0. The van der Waals surface area contributed by atoms with Gasteiger partial charge < -0.3 is 20.3 Å². The van der Waals surface area contributed by atoms with Crippen molar-refractivity contribution in [1.82, 2.24) is 10.2 Å². The van der Waals surface area contributed by atoms with Crippen molar-refractivity contribution in [3.63, 3.8) is 0 Å².